The Labute approximate surface area is 201 Å². The summed E-state index contributed by atoms with van der Waals surface area (Å²) in [5.41, 5.74) is 4.92. The van der Waals surface area contributed by atoms with Crippen LogP contribution in [0.4, 0.5) is 4.79 Å². The van der Waals surface area contributed by atoms with E-state index < -0.39 is 6.16 Å². The van der Waals surface area contributed by atoms with Crippen LogP contribution in [0.2, 0.25) is 0 Å². The van der Waals surface area contributed by atoms with Crippen molar-refractivity contribution in [3.05, 3.63) is 108 Å². The van der Waals surface area contributed by atoms with E-state index in [4.69, 9.17) is 23.9 Å². The smallest absolute Gasteiger partial charge is 0.469 e. The molecule has 0 unspecified atom stereocenters. The minimum Gasteiger partial charge on any atom is -0.469 e. The van der Waals surface area contributed by atoms with E-state index >= 15 is 0 Å². The molecule has 3 heterocycles. The van der Waals surface area contributed by atoms with Crippen molar-refractivity contribution >= 4 is 11.8 Å². The summed E-state index contributed by atoms with van der Waals surface area (Å²) in [6.07, 6.45) is 3.64. The van der Waals surface area contributed by atoms with E-state index in [0.29, 0.717) is 30.1 Å². The number of fused-ring (bicyclic) bond motifs is 1. The van der Waals surface area contributed by atoms with Crippen LogP contribution in [0.1, 0.15) is 22.7 Å². The zero-order valence-corrected chi connectivity index (χ0v) is 19.1. The Balaban J connectivity index is 1.64. The molecule has 176 valence electrons. The fraction of sp³-hybridized carbons (Fsp3) is 0.148. The maximum atomic E-state index is 11.5. The molecule has 2 aromatic carbocycles. The average molecular weight is 469 g/mol. The van der Waals surface area contributed by atoms with Crippen LogP contribution in [0.3, 0.4) is 0 Å². The predicted octanol–water partition coefficient (Wildman–Crippen LogP) is 5.29. The number of imidazole rings is 1. The molecule has 0 saturated heterocycles. The zero-order chi connectivity index (χ0) is 24.0. The van der Waals surface area contributed by atoms with E-state index in [-0.39, 0.29) is 6.79 Å². The van der Waals surface area contributed by atoms with Crippen LogP contribution in [0.5, 0.6) is 5.88 Å². The normalized spacial score (nSPS) is 10.9. The molecule has 0 radical (unpaired) electrons. The first-order valence-corrected chi connectivity index (χ1v) is 11.1. The Kier molecular flexibility index (Phi) is 6.43. The van der Waals surface area contributed by atoms with Crippen molar-refractivity contribution in [1.29, 1.82) is 0 Å². The summed E-state index contributed by atoms with van der Waals surface area (Å²) in [5.74, 6) is 1.17. The van der Waals surface area contributed by atoms with Crippen molar-refractivity contribution in [2.75, 3.05) is 13.9 Å². The van der Waals surface area contributed by atoms with Crippen LogP contribution < -0.4 is 4.74 Å². The van der Waals surface area contributed by atoms with Gasteiger partial charge in [0.05, 0.1) is 31.2 Å². The summed E-state index contributed by atoms with van der Waals surface area (Å²) in [4.78, 5) is 21.3. The van der Waals surface area contributed by atoms with Gasteiger partial charge < -0.3 is 18.6 Å². The summed E-state index contributed by atoms with van der Waals surface area (Å²) in [6, 6.07) is 23.7. The number of rotatable bonds is 8. The number of carbonyl (C=O) groups excluding carboxylic acids is 1. The molecule has 3 aromatic heterocycles. The monoisotopic (exact) mass is 469 g/mol. The highest BCUT2D eigenvalue weighted by Crippen LogP contribution is 2.29. The lowest BCUT2D eigenvalue weighted by Gasteiger charge is -2.11. The van der Waals surface area contributed by atoms with Crippen LogP contribution >= 0.6 is 0 Å². The van der Waals surface area contributed by atoms with E-state index in [1.807, 2.05) is 71.3 Å². The van der Waals surface area contributed by atoms with Crippen molar-refractivity contribution in [1.82, 2.24) is 14.4 Å². The molecular weight excluding hydrogens is 446 g/mol. The fourth-order valence-electron chi connectivity index (χ4n) is 3.83. The summed E-state index contributed by atoms with van der Waals surface area (Å²) < 4.78 is 22.8. The van der Waals surface area contributed by atoms with Gasteiger partial charge in [0.1, 0.15) is 11.5 Å². The Bertz CT molecular complexity index is 1410. The largest absolute Gasteiger partial charge is 0.510 e. The standard InChI is InChI=1S/C27H23N3O5/c1-32-27(31)35-18-34-26-23(16-21-13-8-14-33-21)29-25-22(15-19-9-4-2-5-10-19)28-24(17-30(25)26)20-11-6-3-7-12-20/h2-14,17H,15-16,18H2,1H3. The van der Waals surface area contributed by atoms with E-state index in [9.17, 15) is 4.79 Å². The molecule has 0 amide bonds. The molecule has 8 nitrogen and oxygen atoms in total. The molecule has 0 N–H and O–H groups in total. The maximum absolute atomic E-state index is 11.5. The molecule has 0 bridgehead atoms. The van der Waals surface area contributed by atoms with Crippen molar-refractivity contribution in [3.63, 3.8) is 0 Å². The number of furan rings is 1. The number of hydrogen-bond acceptors (Lipinski definition) is 7. The van der Waals surface area contributed by atoms with Crippen molar-refractivity contribution in [2.24, 2.45) is 0 Å². The second kappa shape index (κ2) is 10.1. The van der Waals surface area contributed by atoms with Gasteiger partial charge in [0.15, 0.2) is 5.65 Å². The maximum Gasteiger partial charge on any atom is 0.510 e. The first-order valence-electron chi connectivity index (χ1n) is 11.1. The molecule has 0 atom stereocenters. The van der Waals surface area contributed by atoms with Gasteiger partial charge in [-0.3, -0.25) is 4.40 Å². The molecule has 0 saturated carbocycles. The van der Waals surface area contributed by atoms with E-state index in [0.717, 1.165) is 28.3 Å². The van der Waals surface area contributed by atoms with Gasteiger partial charge in [-0.1, -0.05) is 60.7 Å². The van der Waals surface area contributed by atoms with Crippen LogP contribution in [0.15, 0.2) is 89.7 Å². The number of carbonyl (C=O) groups is 1. The third-order valence-electron chi connectivity index (χ3n) is 5.44. The van der Waals surface area contributed by atoms with Crippen LogP contribution in [-0.2, 0) is 22.3 Å². The highest BCUT2D eigenvalue weighted by molar-refractivity contribution is 5.63. The summed E-state index contributed by atoms with van der Waals surface area (Å²) >= 11 is 0. The molecule has 5 aromatic rings. The summed E-state index contributed by atoms with van der Waals surface area (Å²) in [7, 11) is 1.24. The predicted molar refractivity (Wildman–Crippen MR) is 128 cm³/mol. The van der Waals surface area contributed by atoms with Crippen molar-refractivity contribution in [3.8, 4) is 17.1 Å². The van der Waals surface area contributed by atoms with Gasteiger partial charge >= 0.3 is 6.16 Å². The molecule has 0 aliphatic heterocycles. The molecule has 0 aliphatic carbocycles. The Morgan fingerprint density at radius 2 is 1.69 bits per heavy atom. The number of aromatic nitrogens is 3. The lowest BCUT2D eigenvalue weighted by molar-refractivity contribution is 0.0125. The quantitative estimate of drug-likeness (QED) is 0.225. The Morgan fingerprint density at radius 1 is 0.914 bits per heavy atom. The van der Waals surface area contributed by atoms with Crippen LogP contribution in [-0.4, -0.2) is 34.4 Å². The molecule has 0 spiro atoms. The molecular formula is C27H23N3O5. The lowest BCUT2D eigenvalue weighted by Crippen LogP contribution is -2.12. The minimum atomic E-state index is -0.831. The van der Waals surface area contributed by atoms with Gasteiger partial charge in [0.2, 0.25) is 12.7 Å². The molecule has 5 rings (SSSR count). The second-order valence-corrected chi connectivity index (χ2v) is 7.78. The van der Waals surface area contributed by atoms with E-state index in [2.05, 4.69) is 16.9 Å². The second-order valence-electron chi connectivity index (χ2n) is 7.78. The van der Waals surface area contributed by atoms with Crippen molar-refractivity contribution in [2.45, 2.75) is 12.8 Å². The third-order valence-corrected chi connectivity index (χ3v) is 5.44. The summed E-state index contributed by atoms with van der Waals surface area (Å²) in [6.45, 7) is -0.331. The first-order chi connectivity index (χ1) is 17.2. The van der Waals surface area contributed by atoms with Crippen molar-refractivity contribution < 1.29 is 23.4 Å². The zero-order valence-electron chi connectivity index (χ0n) is 19.1. The fourth-order valence-corrected chi connectivity index (χ4v) is 3.83. The number of ether oxygens (including phenoxy) is 3. The van der Waals surface area contributed by atoms with Gasteiger partial charge in [0.25, 0.3) is 0 Å². The molecule has 8 heteroatoms. The molecule has 35 heavy (non-hydrogen) atoms. The average Bonchev–Trinajstić information content (AvgIpc) is 3.53. The topological polar surface area (TPSA) is 88.1 Å². The highest BCUT2D eigenvalue weighted by atomic mass is 16.8. The van der Waals surface area contributed by atoms with Gasteiger partial charge in [-0.25, -0.2) is 14.8 Å². The first kappa shape index (κ1) is 22.2. The lowest BCUT2D eigenvalue weighted by atomic mass is 10.1. The molecule has 0 fully saturated rings. The SMILES string of the molecule is COC(=O)OCOc1c(Cc2ccco2)nc2c(Cc3ccccc3)nc(-c3ccccc3)cn12. The van der Waals surface area contributed by atoms with Gasteiger partial charge in [-0.05, 0) is 17.7 Å². The number of benzene rings is 2. The number of hydrogen-bond donors (Lipinski definition) is 0. The van der Waals surface area contributed by atoms with Gasteiger partial charge in [-0.15, -0.1) is 0 Å². The van der Waals surface area contributed by atoms with E-state index in [1.165, 1.54) is 7.11 Å². The van der Waals surface area contributed by atoms with Crippen LogP contribution in [0.25, 0.3) is 16.9 Å². The Hall–Kier alpha value is -4.59. The van der Waals surface area contributed by atoms with Crippen LogP contribution in [0, 0.1) is 0 Å². The number of methoxy groups -OCH3 is 1. The Morgan fingerprint density at radius 3 is 2.40 bits per heavy atom. The van der Waals surface area contributed by atoms with Gasteiger partial charge in [-0.2, -0.15) is 0 Å². The van der Waals surface area contributed by atoms with Gasteiger partial charge in [0, 0.05) is 18.2 Å². The number of nitrogens with zero attached hydrogens (tertiary/aromatic N) is 3. The highest BCUT2D eigenvalue weighted by Gasteiger charge is 2.21. The molecule has 0 aliphatic rings. The minimum absolute atomic E-state index is 0.331. The third kappa shape index (κ3) is 5.01. The summed E-state index contributed by atoms with van der Waals surface area (Å²) in [5, 5.41) is 0. The van der Waals surface area contributed by atoms with E-state index in [1.54, 1.807) is 6.26 Å².